The van der Waals surface area contributed by atoms with Crippen LogP contribution in [-0.2, 0) is 10.9 Å². The summed E-state index contributed by atoms with van der Waals surface area (Å²) in [5.74, 6) is -1.74. The van der Waals surface area contributed by atoms with Crippen LogP contribution in [0.15, 0.2) is 18.2 Å². The van der Waals surface area contributed by atoms with E-state index in [0.29, 0.717) is 26.3 Å². The van der Waals surface area contributed by atoms with Gasteiger partial charge in [-0.3, -0.25) is 0 Å². The third-order valence-electron chi connectivity index (χ3n) is 8.74. The zero-order chi connectivity index (χ0) is 30.1. The summed E-state index contributed by atoms with van der Waals surface area (Å²) in [6, 6.07) is 3.14. The first-order valence-electron chi connectivity index (χ1n) is 14.2. The number of anilines is 2. The molecule has 4 aromatic rings. The van der Waals surface area contributed by atoms with Gasteiger partial charge in [0.25, 0.3) is 0 Å². The Labute approximate surface area is 247 Å². The first-order valence-corrected chi connectivity index (χ1v) is 15.0. The third-order valence-corrected chi connectivity index (χ3v) is 9.64. The predicted molar refractivity (Wildman–Crippen MR) is 153 cm³/mol. The van der Waals surface area contributed by atoms with Crippen LogP contribution >= 0.6 is 11.3 Å². The van der Waals surface area contributed by atoms with E-state index >= 15 is 4.39 Å². The number of thiazole rings is 1. The second-order valence-electron chi connectivity index (χ2n) is 11.9. The van der Waals surface area contributed by atoms with E-state index in [4.69, 9.17) is 15.2 Å². The molecular weight excluding hydrogens is 591 g/mol. The monoisotopic (exact) mass is 620 g/mol. The number of hydrogen-bond donors (Lipinski definition) is 2. The summed E-state index contributed by atoms with van der Waals surface area (Å²) in [6.07, 6.45) is -1.60. The summed E-state index contributed by atoms with van der Waals surface area (Å²) < 4.78 is 86.8. The van der Waals surface area contributed by atoms with Gasteiger partial charge in [-0.05, 0) is 43.9 Å². The maximum Gasteiger partial charge on any atom is 0.417 e. The minimum absolute atomic E-state index is 0.0497. The van der Waals surface area contributed by atoms with Crippen molar-refractivity contribution in [3.63, 3.8) is 0 Å². The number of nitrogens with one attached hydrogen (secondary N) is 1. The number of nitrogens with zero attached hydrogens (tertiary/aromatic N) is 4. The van der Waals surface area contributed by atoms with Gasteiger partial charge in [0.05, 0.1) is 22.4 Å². The molecule has 2 unspecified atom stereocenters. The first-order chi connectivity index (χ1) is 20.5. The summed E-state index contributed by atoms with van der Waals surface area (Å²) >= 11 is 0.781. The number of nitrogens with two attached hydrogens (primary N) is 1. The number of halogens is 5. The van der Waals surface area contributed by atoms with Gasteiger partial charge in [0.15, 0.2) is 10.9 Å². The van der Waals surface area contributed by atoms with Gasteiger partial charge >= 0.3 is 12.2 Å². The number of fused-ring (bicyclic) bond motifs is 4. The van der Waals surface area contributed by atoms with Crippen molar-refractivity contribution in [2.75, 3.05) is 43.5 Å². The lowest BCUT2D eigenvalue weighted by molar-refractivity contribution is -0.137. The van der Waals surface area contributed by atoms with Crippen LogP contribution in [0.1, 0.15) is 38.2 Å². The molecule has 0 radical (unpaired) electrons. The van der Waals surface area contributed by atoms with E-state index in [0.717, 1.165) is 55.2 Å². The molecule has 3 saturated heterocycles. The lowest BCUT2D eigenvalue weighted by atomic mass is 9.83. The Morgan fingerprint density at radius 2 is 1.81 bits per heavy atom. The highest BCUT2D eigenvalue weighted by molar-refractivity contribution is 7.22. The Morgan fingerprint density at radius 3 is 2.51 bits per heavy atom. The number of benzene rings is 2. The Balaban J connectivity index is 1.44. The van der Waals surface area contributed by atoms with E-state index < -0.39 is 28.9 Å². The van der Waals surface area contributed by atoms with E-state index in [1.807, 2.05) is 4.90 Å². The highest BCUT2D eigenvalue weighted by atomic mass is 32.1. The molecule has 43 heavy (non-hydrogen) atoms. The molecule has 2 aromatic heterocycles. The molecule has 3 aliphatic rings. The van der Waals surface area contributed by atoms with Crippen molar-refractivity contribution in [2.45, 2.75) is 50.9 Å². The van der Waals surface area contributed by atoms with Gasteiger partial charge in [0, 0.05) is 60.3 Å². The second kappa shape index (κ2) is 10.4. The Hall–Kier alpha value is -3.36. The number of piperazine rings is 1. The minimum Gasteiger partial charge on any atom is -0.463 e. The van der Waals surface area contributed by atoms with Gasteiger partial charge in [0.1, 0.15) is 17.2 Å². The molecule has 0 amide bonds. The van der Waals surface area contributed by atoms with Gasteiger partial charge in [-0.25, -0.2) is 13.8 Å². The maximum atomic E-state index is 16.7. The van der Waals surface area contributed by atoms with Gasteiger partial charge in [-0.1, -0.05) is 18.3 Å². The van der Waals surface area contributed by atoms with Crippen LogP contribution in [0.25, 0.3) is 32.2 Å². The number of ether oxygens (including phenoxy) is 2. The second-order valence-corrected chi connectivity index (χ2v) is 12.9. The van der Waals surface area contributed by atoms with E-state index in [1.165, 1.54) is 0 Å². The molecule has 0 spiro atoms. The van der Waals surface area contributed by atoms with Crippen molar-refractivity contribution < 1.29 is 31.4 Å². The van der Waals surface area contributed by atoms with Gasteiger partial charge in [0.2, 0.25) is 0 Å². The molecule has 3 fully saturated rings. The number of rotatable bonds is 5. The van der Waals surface area contributed by atoms with Crippen molar-refractivity contribution in [1.29, 1.82) is 0 Å². The van der Waals surface area contributed by atoms with E-state index in [1.54, 1.807) is 0 Å². The zero-order valence-electron chi connectivity index (χ0n) is 23.2. The topological polar surface area (TPSA) is 98.4 Å². The van der Waals surface area contributed by atoms with Crippen LogP contribution in [0.4, 0.5) is 32.9 Å². The number of hydrogen-bond acceptors (Lipinski definition) is 9. The quantitative estimate of drug-likeness (QED) is 0.266. The Kier molecular flexibility index (Phi) is 6.86. The van der Waals surface area contributed by atoms with Crippen LogP contribution in [0.5, 0.6) is 6.01 Å². The molecule has 5 heterocycles. The fourth-order valence-electron chi connectivity index (χ4n) is 6.39. The summed E-state index contributed by atoms with van der Waals surface area (Å²) in [4.78, 5) is 14.9. The van der Waals surface area contributed by atoms with E-state index in [9.17, 15) is 17.6 Å². The molecule has 3 aliphatic heterocycles. The highest BCUT2D eigenvalue weighted by Gasteiger charge is 2.40. The molecule has 2 aromatic carbocycles. The smallest absolute Gasteiger partial charge is 0.417 e. The lowest BCUT2D eigenvalue weighted by Crippen LogP contribution is -2.51. The van der Waals surface area contributed by atoms with Crippen molar-refractivity contribution in [3.05, 3.63) is 35.4 Å². The number of aromatic nitrogens is 3. The first kappa shape index (κ1) is 28.4. The van der Waals surface area contributed by atoms with Crippen LogP contribution in [0.3, 0.4) is 0 Å². The van der Waals surface area contributed by atoms with Crippen LogP contribution in [0.2, 0.25) is 0 Å². The third kappa shape index (κ3) is 5.12. The SMILES string of the molecule is CC1(COc2nc(N3CC4CCC(C3)N4)c3cc(C(F)(F)F)c(-c4ccc(F)c5sc(N)nc45)c(F)c3n2)CCOCC1. The fourth-order valence-corrected chi connectivity index (χ4v) is 7.16. The van der Waals surface area contributed by atoms with Crippen molar-refractivity contribution in [3.8, 4) is 17.1 Å². The minimum atomic E-state index is -4.96. The van der Waals surface area contributed by atoms with Crippen molar-refractivity contribution in [2.24, 2.45) is 5.41 Å². The van der Waals surface area contributed by atoms with Crippen LogP contribution in [0, 0.1) is 17.0 Å². The molecule has 228 valence electrons. The molecule has 0 aliphatic carbocycles. The van der Waals surface area contributed by atoms with Crippen molar-refractivity contribution >= 4 is 43.4 Å². The van der Waals surface area contributed by atoms with E-state index in [2.05, 4.69) is 27.2 Å². The summed E-state index contributed by atoms with van der Waals surface area (Å²) in [6.45, 7) is 4.45. The van der Waals surface area contributed by atoms with Crippen LogP contribution in [-0.4, -0.2) is 59.9 Å². The zero-order valence-corrected chi connectivity index (χ0v) is 24.0. The largest absolute Gasteiger partial charge is 0.463 e. The number of alkyl halides is 3. The number of nitrogen functional groups attached to an aromatic ring is 1. The highest BCUT2D eigenvalue weighted by Crippen LogP contribution is 2.46. The van der Waals surface area contributed by atoms with Gasteiger partial charge < -0.3 is 25.4 Å². The molecule has 3 N–H and O–H groups in total. The molecule has 8 nitrogen and oxygen atoms in total. The van der Waals surface area contributed by atoms with Crippen molar-refractivity contribution in [1.82, 2.24) is 20.3 Å². The summed E-state index contributed by atoms with van der Waals surface area (Å²) in [5, 5.41) is 3.37. The molecule has 2 bridgehead atoms. The molecule has 2 atom stereocenters. The van der Waals surface area contributed by atoms with Gasteiger partial charge in [-0.15, -0.1) is 0 Å². The Bertz CT molecular complexity index is 1710. The standard InChI is InChI=1S/C29H29F5N6O2S/c1-28(6-8-41-9-7-28)13-42-27-38-22-17(25(39-27)40-11-14-2-3-15(12-40)36-14)10-18(29(32,33)34)20(21(22)31)16-4-5-19(30)24-23(16)37-26(35)43-24/h4-5,10,14-15,36H,2-3,6-9,11-13H2,1H3,(H2,35,37). The average Bonchev–Trinajstić information content (AvgIpc) is 3.53. The van der Waals surface area contributed by atoms with Crippen LogP contribution < -0.4 is 20.7 Å². The molecule has 7 rings (SSSR count). The van der Waals surface area contributed by atoms with Gasteiger partial charge in [-0.2, -0.15) is 23.1 Å². The lowest BCUT2D eigenvalue weighted by Gasteiger charge is -2.35. The molecule has 14 heteroatoms. The summed E-state index contributed by atoms with van der Waals surface area (Å²) in [5.41, 5.74) is 2.86. The molecular formula is C29H29F5N6O2S. The Morgan fingerprint density at radius 1 is 1.09 bits per heavy atom. The fraction of sp³-hybridized carbons (Fsp3) is 0.483. The van der Waals surface area contributed by atoms with E-state index in [-0.39, 0.29) is 67.7 Å². The normalized spacial score (nSPS) is 22.0. The summed E-state index contributed by atoms with van der Waals surface area (Å²) in [7, 11) is 0. The predicted octanol–water partition coefficient (Wildman–Crippen LogP) is 5.92. The molecule has 0 saturated carbocycles. The average molecular weight is 621 g/mol. The maximum absolute atomic E-state index is 16.7.